The Morgan fingerprint density at radius 1 is 1.09 bits per heavy atom. The number of nitrogens with two attached hydrogens (primary N) is 1. The smallest absolute Gasteiger partial charge is 0.383 e. The second-order valence-corrected chi connectivity index (χ2v) is 11.0. The van der Waals surface area contributed by atoms with Gasteiger partial charge in [0, 0.05) is 60.6 Å². The third kappa shape index (κ3) is 3.46. The molecular weight excluding hydrogens is 441 g/mol. The number of anilines is 1. The Hall–Kier alpha value is -2.13. The van der Waals surface area contributed by atoms with Gasteiger partial charge in [-0.3, -0.25) is 9.58 Å². The van der Waals surface area contributed by atoms with E-state index in [1.54, 1.807) is 0 Å². The molecule has 2 saturated heterocycles. The highest BCUT2D eigenvalue weighted by Crippen LogP contribution is 2.64. The summed E-state index contributed by atoms with van der Waals surface area (Å²) in [6.45, 7) is 6.64. The Balaban J connectivity index is 1.24. The lowest BCUT2D eigenvalue weighted by Crippen LogP contribution is -2.48. The van der Waals surface area contributed by atoms with Gasteiger partial charge in [0.05, 0.1) is 11.3 Å². The summed E-state index contributed by atoms with van der Waals surface area (Å²) >= 11 is 0. The Morgan fingerprint density at radius 3 is 2.41 bits per heavy atom. The van der Waals surface area contributed by atoms with E-state index in [2.05, 4.69) is 40.4 Å². The summed E-state index contributed by atoms with van der Waals surface area (Å²) in [6, 6.07) is 5.40. The van der Waals surface area contributed by atoms with Gasteiger partial charge in [0.25, 0.3) is 0 Å². The van der Waals surface area contributed by atoms with Crippen molar-refractivity contribution < 1.29 is 13.2 Å². The molecule has 2 aliphatic heterocycles. The number of likely N-dealkylation sites (tertiary alicyclic amines) is 2. The second kappa shape index (κ2) is 7.68. The van der Waals surface area contributed by atoms with Crippen molar-refractivity contribution in [3.05, 3.63) is 29.6 Å². The second-order valence-electron chi connectivity index (χ2n) is 11.0. The van der Waals surface area contributed by atoms with Gasteiger partial charge in [-0.25, -0.2) is 4.98 Å². The number of aromatic nitrogens is 3. The Kier molecular flexibility index (Phi) is 5.05. The number of halogens is 3. The molecule has 4 aliphatic rings. The van der Waals surface area contributed by atoms with Gasteiger partial charge < -0.3 is 10.6 Å². The van der Waals surface area contributed by atoms with Gasteiger partial charge in [-0.2, -0.15) is 18.3 Å². The van der Waals surface area contributed by atoms with Gasteiger partial charge >= 0.3 is 6.18 Å². The summed E-state index contributed by atoms with van der Waals surface area (Å²) in [4.78, 5) is 9.09. The van der Waals surface area contributed by atoms with Gasteiger partial charge in [0.15, 0.2) is 0 Å². The first-order valence-corrected chi connectivity index (χ1v) is 12.5. The molecule has 4 heterocycles. The number of nitrogens with zero attached hydrogens (tertiary/aromatic N) is 5. The van der Waals surface area contributed by atoms with Crippen molar-refractivity contribution in [1.29, 1.82) is 0 Å². The lowest BCUT2D eigenvalue weighted by atomic mass is 10.0. The van der Waals surface area contributed by atoms with Crippen molar-refractivity contribution in [2.75, 3.05) is 25.9 Å². The van der Waals surface area contributed by atoms with E-state index in [0.717, 1.165) is 18.5 Å². The third-order valence-corrected chi connectivity index (χ3v) is 9.08. The monoisotopic (exact) mass is 474 g/mol. The lowest BCUT2D eigenvalue weighted by Gasteiger charge is -2.37. The minimum Gasteiger partial charge on any atom is -0.383 e. The number of fused-ring (bicyclic) bond motifs is 3. The van der Waals surface area contributed by atoms with E-state index in [-0.39, 0.29) is 6.04 Å². The normalized spacial score (nSPS) is 34.1. The molecule has 2 aliphatic carbocycles. The van der Waals surface area contributed by atoms with Crippen molar-refractivity contribution in [3.8, 4) is 11.3 Å². The molecule has 2 aromatic heterocycles. The van der Waals surface area contributed by atoms with Crippen molar-refractivity contribution in [1.82, 2.24) is 24.6 Å². The maximum Gasteiger partial charge on any atom is 0.419 e. The zero-order valence-electron chi connectivity index (χ0n) is 20.0. The van der Waals surface area contributed by atoms with Crippen LogP contribution < -0.4 is 5.73 Å². The Morgan fingerprint density at radius 2 is 1.82 bits per heavy atom. The van der Waals surface area contributed by atoms with Gasteiger partial charge in [-0.1, -0.05) is 6.92 Å². The standard InChI is InChI=1S/C25H33F3N6/c1-4-13(2)34-22(9-21(31-34)14-5-20(25(26,27)28)24(29)30-10-14)23-18-7-15(8-19(18)23)33-12-16-6-17(33)11-32(16)3/h5,9-10,13,15-19,23H,4,6-8,11-12H2,1-3H3,(H2,29,30). The molecule has 2 N–H and O–H groups in total. The zero-order chi connectivity index (χ0) is 23.9. The van der Waals surface area contributed by atoms with Crippen LogP contribution in [-0.4, -0.2) is 62.8 Å². The quantitative estimate of drug-likeness (QED) is 0.696. The Labute approximate surface area is 198 Å². The molecule has 5 atom stereocenters. The molecule has 2 aromatic rings. The highest BCUT2D eigenvalue weighted by Gasteiger charge is 2.60. The predicted octanol–water partition coefficient (Wildman–Crippen LogP) is 4.40. The van der Waals surface area contributed by atoms with E-state index in [4.69, 9.17) is 10.8 Å². The maximum atomic E-state index is 13.4. The number of likely N-dealkylation sites (N-methyl/N-ethyl adjacent to an activating group) is 1. The van der Waals surface area contributed by atoms with Crippen molar-refractivity contribution in [3.63, 3.8) is 0 Å². The van der Waals surface area contributed by atoms with E-state index in [1.807, 2.05) is 6.07 Å². The summed E-state index contributed by atoms with van der Waals surface area (Å²) in [5, 5.41) is 4.78. The average Bonchev–Trinajstić information content (AvgIpc) is 3.32. The van der Waals surface area contributed by atoms with Crippen LogP contribution in [0.3, 0.4) is 0 Å². The van der Waals surface area contributed by atoms with E-state index in [9.17, 15) is 13.2 Å². The molecular formula is C25H33F3N6. The van der Waals surface area contributed by atoms with Crippen LogP contribution in [0.5, 0.6) is 0 Å². The average molecular weight is 475 g/mol. The summed E-state index contributed by atoms with van der Waals surface area (Å²) in [6.07, 6.45) is 1.54. The molecule has 4 fully saturated rings. The highest BCUT2D eigenvalue weighted by atomic mass is 19.4. The Bertz CT molecular complexity index is 1080. The summed E-state index contributed by atoms with van der Waals surface area (Å²) in [5.41, 5.74) is 6.70. The molecule has 9 heteroatoms. The van der Waals surface area contributed by atoms with Crippen LogP contribution >= 0.6 is 0 Å². The first-order valence-electron chi connectivity index (χ1n) is 12.5. The molecule has 5 unspecified atom stereocenters. The van der Waals surface area contributed by atoms with Crippen LogP contribution in [0.4, 0.5) is 19.0 Å². The molecule has 0 amide bonds. The fourth-order valence-electron chi connectivity index (χ4n) is 7.03. The number of hydrogen-bond donors (Lipinski definition) is 1. The predicted molar refractivity (Wildman–Crippen MR) is 124 cm³/mol. The van der Waals surface area contributed by atoms with Gasteiger partial charge in [0.2, 0.25) is 0 Å². The number of hydrogen-bond acceptors (Lipinski definition) is 5. The highest BCUT2D eigenvalue weighted by molar-refractivity contribution is 5.63. The first kappa shape index (κ1) is 22.3. The minimum absolute atomic E-state index is 0.189. The fraction of sp³-hybridized carbons (Fsp3) is 0.680. The first-order chi connectivity index (χ1) is 16.2. The van der Waals surface area contributed by atoms with Crippen LogP contribution in [0.2, 0.25) is 0 Å². The fourth-order valence-corrected chi connectivity index (χ4v) is 7.03. The molecule has 0 radical (unpaired) electrons. The summed E-state index contributed by atoms with van der Waals surface area (Å²) in [7, 11) is 2.24. The van der Waals surface area contributed by atoms with Crippen molar-refractivity contribution in [2.45, 2.75) is 75.8 Å². The molecule has 34 heavy (non-hydrogen) atoms. The third-order valence-electron chi connectivity index (χ3n) is 9.08. The number of pyridine rings is 1. The van der Waals surface area contributed by atoms with Crippen LogP contribution in [-0.2, 0) is 6.18 Å². The molecule has 0 spiro atoms. The number of rotatable bonds is 5. The zero-order valence-corrected chi connectivity index (χ0v) is 20.0. The van der Waals surface area contributed by atoms with Crippen molar-refractivity contribution in [2.24, 2.45) is 11.8 Å². The molecule has 6 nitrogen and oxygen atoms in total. The van der Waals surface area contributed by atoms with Gasteiger partial charge in [0.1, 0.15) is 5.82 Å². The maximum absolute atomic E-state index is 13.4. The molecule has 2 saturated carbocycles. The van der Waals surface area contributed by atoms with Crippen LogP contribution in [0, 0.1) is 11.8 Å². The number of nitrogen functional groups attached to an aromatic ring is 1. The van der Waals surface area contributed by atoms with Crippen molar-refractivity contribution >= 4 is 5.82 Å². The molecule has 6 rings (SSSR count). The molecule has 0 aromatic carbocycles. The summed E-state index contributed by atoms with van der Waals surface area (Å²) < 4.78 is 42.2. The lowest BCUT2D eigenvalue weighted by molar-refractivity contribution is -0.137. The van der Waals surface area contributed by atoms with Gasteiger partial charge in [-0.15, -0.1) is 0 Å². The van der Waals surface area contributed by atoms with Crippen LogP contribution in [0.25, 0.3) is 11.3 Å². The number of alkyl halides is 3. The minimum atomic E-state index is -4.54. The largest absolute Gasteiger partial charge is 0.419 e. The van der Waals surface area contributed by atoms with E-state index < -0.39 is 17.6 Å². The van der Waals surface area contributed by atoms with Crippen LogP contribution in [0.15, 0.2) is 18.3 Å². The van der Waals surface area contributed by atoms with E-state index in [0.29, 0.717) is 41.1 Å². The van der Waals surface area contributed by atoms with Gasteiger partial charge in [-0.05, 0) is 63.6 Å². The summed E-state index contributed by atoms with van der Waals surface area (Å²) in [5.74, 6) is 1.27. The number of piperazine rings is 1. The van der Waals surface area contributed by atoms with E-state index in [1.165, 1.54) is 44.2 Å². The molecule has 2 bridgehead atoms. The topological polar surface area (TPSA) is 63.2 Å². The SMILES string of the molecule is CCC(C)n1nc(-c2cnc(N)c(C(F)(F)F)c2)cc1C1C2CC(N3CC4CC3CN4C)CC21. The van der Waals surface area contributed by atoms with E-state index >= 15 is 0 Å². The molecule has 184 valence electrons. The van der Waals surface area contributed by atoms with Crippen LogP contribution in [0.1, 0.15) is 62.7 Å².